The molecule has 4 heterocycles. The summed E-state index contributed by atoms with van der Waals surface area (Å²) < 4.78 is 15.4. The highest BCUT2D eigenvalue weighted by atomic mass is 32.1. The van der Waals surface area contributed by atoms with E-state index in [1.165, 1.54) is 12.1 Å². The number of rotatable bonds is 5. The Hall–Kier alpha value is -3.39. The number of fused-ring (bicyclic) bond motifs is 1. The van der Waals surface area contributed by atoms with E-state index in [2.05, 4.69) is 51.0 Å². The van der Waals surface area contributed by atoms with Gasteiger partial charge in [-0.15, -0.1) is 11.3 Å². The highest BCUT2D eigenvalue weighted by Crippen LogP contribution is 2.34. The van der Waals surface area contributed by atoms with Gasteiger partial charge in [0.2, 0.25) is 0 Å². The number of nitrogens with zero attached hydrogens (tertiary/aromatic N) is 5. The molecule has 0 saturated carbocycles. The Morgan fingerprint density at radius 3 is 2.74 bits per heavy atom. The van der Waals surface area contributed by atoms with E-state index in [4.69, 9.17) is 9.97 Å². The summed E-state index contributed by atoms with van der Waals surface area (Å²) in [4.78, 5) is 14.0. The van der Waals surface area contributed by atoms with E-state index in [1.54, 1.807) is 23.5 Å². The molecule has 1 aromatic carbocycles. The first-order valence-electron chi connectivity index (χ1n) is 10.3. The molecule has 0 amide bonds. The summed E-state index contributed by atoms with van der Waals surface area (Å²) in [5.41, 5.74) is 4.79. The maximum absolute atomic E-state index is 13.3. The summed E-state index contributed by atoms with van der Waals surface area (Å²) in [7, 11) is 2.02. The maximum Gasteiger partial charge on any atom is 0.191 e. The third kappa shape index (κ3) is 3.63. The van der Waals surface area contributed by atoms with Crippen molar-refractivity contribution in [1.82, 2.24) is 19.7 Å². The minimum absolute atomic E-state index is 0.246. The molecule has 1 aliphatic heterocycles. The van der Waals surface area contributed by atoms with E-state index < -0.39 is 0 Å². The van der Waals surface area contributed by atoms with Gasteiger partial charge in [0.15, 0.2) is 5.13 Å². The van der Waals surface area contributed by atoms with Gasteiger partial charge in [-0.25, -0.2) is 14.4 Å². The second-order valence-electron chi connectivity index (χ2n) is 7.40. The Morgan fingerprint density at radius 1 is 1.16 bits per heavy atom. The van der Waals surface area contributed by atoms with Crippen LogP contribution in [-0.2, 0) is 6.42 Å². The number of benzene rings is 1. The number of aryl methyl sites for hydroxylation is 1. The second-order valence-corrected chi connectivity index (χ2v) is 8.23. The smallest absolute Gasteiger partial charge is 0.191 e. The van der Waals surface area contributed by atoms with E-state index in [9.17, 15) is 4.39 Å². The lowest BCUT2D eigenvalue weighted by Gasteiger charge is -2.24. The Kier molecular flexibility index (Phi) is 5.07. The van der Waals surface area contributed by atoms with Gasteiger partial charge in [-0.1, -0.05) is 6.92 Å². The second kappa shape index (κ2) is 8.03. The number of halogens is 1. The third-order valence-electron chi connectivity index (χ3n) is 5.42. The molecule has 8 heteroatoms. The molecule has 3 aromatic heterocycles. The molecule has 0 fully saturated rings. The predicted molar refractivity (Wildman–Crippen MR) is 125 cm³/mol. The van der Waals surface area contributed by atoms with Crippen molar-refractivity contribution in [1.29, 1.82) is 0 Å². The number of pyridine rings is 1. The van der Waals surface area contributed by atoms with E-state index in [-0.39, 0.29) is 5.82 Å². The molecule has 0 spiro atoms. The largest absolute Gasteiger partial charge is 0.388 e. The number of anilines is 3. The van der Waals surface area contributed by atoms with Crippen LogP contribution in [0.5, 0.6) is 0 Å². The van der Waals surface area contributed by atoms with E-state index in [0.717, 1.165) is 58.7 Å². The molecular formula is C23H23FN6S. The fourth-order valence-electron chi connectivity index (χ4n) is 3.79. The fourth-order valence-corrected chi connectivity index (χ4v) is 4.60. The van der Waals surface area contributed by atoms with Gasteiger partial charge in [-0.05, 0) is 42.8 Å². The number of imidazole rings is 1. The molecule has 4 aromatic rings. The van der Waals surface area contributed by atoms with Gasteiger partial charge in [0, 0.05) is 49.7 Å². The number of aromatic nitrogens is 3. The third-order valence-corrected chi connectivity index (χ3v) is 6.34. The molecule has 31 heavy (non-hydrogen) atoms. The van der Waals surface area contributed by atoms with Crippen LogP contribution >= 0.6 is 11.3 Å². The predicted octanol–water partition coefficient (Wildman–Crippen LogP) is 4.81. The monoisotopic (exact) mass is 434 g/mol. The minimum Gasteiger partial charge on any atom is -0.388 e. The van der Waals surface area contributed by atoms with Crippen LogP contribution < -0.4 is 15.1 Å². The molecule has 1 aliphatic rings. The van der Waals surface area contributed by atoms with Crippen LogP contribution in [0, 0.1) is 5.82 Å². The number of hydrogen-bond donors (Lipinski definition) is 1. The standard InChI is InChI=1S/C23H23FN6S/c1-3-19-22(28(2)23-27-20(15-31-23)16-4-6-17(24)7-5-16)30-14-18(8-9-21(30)26-19)29-12-10-25-11-13-29/h4-10,12,14-15,25H,3,11,13H2,1-2H3. The van der Waals surface area contributed by atoms with Crippen LogP contribution in [0.1, 0.15) is 12.6 Å². The molecule has 0 radical (unpaired) electrons. The highest BCUT2D eigenvalue weighted by molar-refractivity contribution is 7.14. The van der Waals surface area contributed by atoms with Gasteiger partial charge < -0.3 is 15.1 Å². The molecular weight excluding hydrogens is 411 g/mol. The van der Waals surface area contributed by atoms with Crippen molar-refractivity contribution in [2.75, 3.05) is 29.9 Å². The summed E-state index contributed by atoms with van der Waals surface area (Å²) in [5.74, 6) is 0.767. The SMILES string of the molecule is CCc1nc2ccc(N3C=CNCC3)cn2c1N(C)c1nc(-c2ccc(F)cc2)cs1. The van der Waals surface area contributed by atoms with Crippen LogP contribution in [0.15, 0.2) is 60.4 Å². The van der Waals surface area contributed by atoms with Crippen LogP contribution in [0.3, 0.4) is 0 Å². The molecule has 0 unspecified atom stereocenters. The van der Waals surface area contributed by atoms with Gasteiger partial charge in [0.25, 0.3) is 0 Å². The summed E-state index contributed by atoms with van der Waals surface area (Å²) in [6.45, 7) is 3.94. The van der Waals surface area contributed by atoms with E-state index in [0.29, 0.717) is 0 Å². The highest BCUT2D eigenvalue weighted by Gasteiger charge is 2.20. The van der Waals surface area contributed by atoms with Crippen LogP contribution in [-0.4, -0.2) is 34.5 Å². The summed E-state index contributed by atoms with van der Waals surface area (Å²) >= 11 is 1.57. The Bertz CT molecular complexity index is 1240. The first kappa shape index (κ1) is 19.6. The van der Waals surface area contributed by atoms with E-state index in [1.807, 2.05) is 18.6 Å². The first-order chi connectivity index (χ1) is 15.1. The lowest BCUT2D eigenvalue weighted by Crippen LogP contribution is -2.31. The number of thiazole rings is 1. The van der Waals surface area contributed by atoms with Crippen molar-refractivity contribution >= 4 is 33.6 Å². The quantitative estimate of drug-likeness (QED) is 0.489. The zero-order valence-corrected chi connectivity index (χ0v) is 18.2. The van der Waals surface area contributed by atoms with Crippen molar-refractivity contribution in [3.8, 4) is 11.3 Å². The van der Waals surface area contributed by atoms with Gasteiger partial charge >= 0.3 is 0 Å². The topological polar surface area (TPSA) is 48.7 Å². The van der Waals surface area contributed by atoms with Gasteiger partial charge in [0.1, 0.15) is 17.3 Å². The molecule has 0 bridgehead atoms. The fraction of sp³-hybridized carbons (Fsp3) is 0.217. The Balaban J connectivity index is 1.54. The van der Waals surface area contributed by atoms with Gasteiger partial charge in [-0.3, -0.25) is 4.40 Å². The molecule has 5 rings (SSSR count). The van der Waals surface area contributed by atoms with Crippen molar-refractivity contribution < 1.29 is 4.39 Å². The summed E-state index contributed by atoms with van der Waals surface area (Å²) in [6.07, 6.45) is 6.98. The van der Waals surface area contributed by atoms with Crippen LogP contribution in [0.25, 0.3) is 16.9 Å². The molecule has 0 saturated heterocycles. The zero-order chi connectivity index (χ0) is 21.4. The number of hydrogen-bond acceptors (Lipinski definition) is 6. The average Bonchev–Trinajstić information content (AvgIpc) is 3.44. The van der Waals surface area contributed by atoms with Crippen molar-refractivity contribution in [3.63, 3.8) is 0 Å². The van der Waals surface area contributed by atoms with E-state index >= 15 is 0 Å². The summed E-state index contributed by atoms with van der Waals surface area (Å²) in [5, 5.41) is 6.10. The Morgan fingerprint density at radius 2 is 2.00 bits per heavy atom. The lowest BCUT2D eigenvalue weighted by atomic mass is 10.2. The van der Waals surface area contributed by atoms with Gasteiger partial charge in [-0.2, -0.15) is 0 Å². The van der Waals surface area contributed by atoms with Crippen LogP contribution in [0.2, 0.25) is 0 Å². The average molecular weight is 435 g/mol. The molecule has 1 N–H and O–H groups in total. The number of nitrogens with one attached hydrogen (secondary N) is 1. The van der Waals surface area contributed by atoms with Crippen molar-refractivity contribution in [2.24, 2.45) is 0 Å². The van der Waals surface area contributed by atoms with Gasteiger partial charge in [0.05, 0.1) is 17.1 Å². The Labute approximate surface area is 184 Å². The summed E-state index contributed by atoms with van der Waals surface area (Å²) in [6, 6.07) is 10.6. The molecule has 6 nitrogen and oxygen atoms in total. The normalized spacial score (nSPS) is 13.6. The zero-order valence-electron chi connectivity index (χ0n) is 17.4. The molecule has 158 valence electrons. The van der Waals surface area contributed by atoms with Crippen molar-refractivity contribution in [3.05, 3.63) is 71.9 Å². The first-order valence-corrected chi connectivity index (χ1v) is 11.1. The molecule has 0 aliphatic carbocycles. The molecule has 0 atom stereocenters. The van der Waals surface area contributed by atoms with Crippen LogP contribution in [0.4, 0.5) is 21.0 Å². The lowest BCUT2D eigenvalue weighted by molar-refractivity contribution is 0.628. The minimum atomic E-state index is -0.246. The maximum atomic E-state index is 13.3. The van der Waals surface area contributed by atoms with Crippen molar-refractivity contribution in [2.45, 2.75) is 13.3 Å².